The van der Waals surface area contributed by atoms with Gasteiger partial charge in [-0.25, -0.2) is 0 Å². The Morgan fingerprint density at radius 3 is 1.96 bits per heavy atom. The SMILES string of the molecule is CC.CC(C)CN1CCC(c2ccc(N(C)C(=O)C(C)C)cc2)CC1.CC=O. The highest BCUT2D eigenvalue weighted by Gasteiger charge is 2.21. The molecule has 1 aromatic rings. The Morgan fingerprint density at radius 1 is 1.11 bits per heavy atom. The molecule has 0 aromatic heterocycles. The van der Waals surface area contributed by atoms with Crippen molar-refractivity contribution in [3.05, 3.63) is 29.8 Å². The maximum Gasteiger partial charge on any atom is 0.229 e. The first-order valence-corrected chi connectivity index (χ1v) is 10.8. The second-order valence-corrected chi connectivity index (χ2v) is 7.85. The fourth-order valence-electron chi connectivity index (χ4n) is 3.45. The van der Waals surface area contributed by atoms with Crippen molar-refractivity contribution in [1.29, 1.82) is 0 Å². The number of hydrogen-bond donors (Lipinski definition) is 0. The van der Waals surface area contributed by atoms with Gasteiger partial charge >= 0.3 is 0 Å². The Balaban J connectivity index is 0.00000133. The van der Waals surface area contributed by atoms with Crippen LogP contribution in [0, 0.1) is 11.8 Å². The lowest BCUT2D eigenvalue weighted by molar-refractivity contribution is -0.121. The minimum absolute atomic E-state index is 0.0324. The smallest absolute Gasteiger partial charge is 0.229 e. The Labute approximate surface area is 173 Å². The number of anilines is 1. The number of nitrogens with zero attached hydrogens (tertiary/aromatic N) is 2. The number of likely N-dealkylation sites (tertiary alicyclic amines) is 1. The Hall–Kier alpha value is -1.68. The topological polar surface area (TPSA) is 40.6 Å². The molecule has 160 valence electrons. The summed E-state index contributed by atoms with van der Waals surface area (Å²) >= 11 is 0. The van der Waals surface area contributed by atoms with E-state index in [0.29, 0.717) is 5.92 Å². The molecule has 0 N–H and O–H groups in total. The average Bonchev–Trinajstić information content (AvgIpc) is 2.69. The quantitative estimate of drug-likeness (QED) is 0.634. The number of carbonyl (C=O) groups is 2. The van der Waals surface area contributed by atoms with Crippen LogP contribution in [0.1, 0.15) is 72.8 Å². The summed E-state index contributed by atoms with van der Waals surface area (Å²) in [6.07, 6.45) is 3.24. The summed E-state index contributed by atoms with van der Waals surface area (Å²) in [5.41, 5.74) is 2.41. The van der Waals surface area contributed by atoms with Crippen molar-refractivity contribution in [2.45, 2.75) is 67.2 Å². The third-order valence-electron chi connectivity index (χ3n) is 4.79. The van der Waals surface area contributed by atoms with E-state index in [-0.39, 0.29) is 11.8 Å². The van der Waals surface area contributed by atoms with Crippen LogP contribution in [0.25, 0.3) is 0 Å². The highest BCUT2D eigenvalue weighted by atomic mass is 16.2. The van der Waals surface area contributed by atoms with Gasteiger partial charge in [0.25, 0.3) is 0 Å². The van der Waals surface area contributed by atoms with Gasteiger partial charge in [0, 0.05) is 25.2 Å². The third-order valence-corrected chi connectivity index (χ3v) is 4.79. The van der Waals surface area contributed by atoms with Crippen LogP contribution in [-0.4, -0.2) is 43.8 Å². The van der Waals surface area contributed by atoms with Crippen molar-refractivity contribution < 1.29 is 9.59 Å². The predicted octanol–water partition coefficient (Wildman–Crippen LogP) is 5.37. The molecule has 1 amide bonds. The van der Waals surface area contributed by atoms with Gasteiger partial charge in [0.05, 0.1) is 0 Å². The van der Waals surface area contributed by atoms with E-state index in [1.54, 1.807) is 4.90 Å². The van der Waals surface area contributed by atoms with Gasteiger partial charge in [0.15, 0.2) is 0 Å². The first-order chi connectivity index (χ1) is 13.3. The van der Waals surface area contributed by atoms with Crippen LogP contribution < -0.4 is 4.90 Å². The minimum atomic E-state index is 0.0324. The van der Waals surface area contributed by atoms with Crippen LogP contribution in [0.15, 0.2) is 24.3 Å². The van der Waals surface area contributed by atoms with Crippen molar-refractivity contribution in [3.8, 4) is 0 Å². The normalized spacial score (nSPS) is 14.6. The lowest BCUT2D eigenvalue weighted by atomic mass is 9.89. The molecule has 1 aliphatic rings. The molecule has 4 nitrogen and oxygen atoms in total. The highest BCUT2D eigenvalue weighted by Crippen LogP contribution is 2.29. The summed E-state index contributed by atoms with van der Waals surface area (Å²) in [5, 5.41) is 0. The molecule has 2 rings (SSSR count). The molecule has 4 heteroatoms. The molecule has 0 unspecified atom stereocenters. The molecule has 0 spiro atoms. The summed E-state index contributed by atoms with van der Waals surface area (Å²) in [4.78, 5) is 25.2. The van der Waals surface area contributed by atoms with E-state index < -0.39 is 0 Å². The monoisotopic (exact) mass is 390 g/mol. The zero-order valence-electron chi connectivity index (χ0n) is 19.4. The number of piperidine rings is 1. The number of carbonyl (C=O) groups excluding carboxylic acids is 2. The second-order valence-electron chi connectivity index (χ2n) is 7.85. The van der Waals surface area contributed by atoms with E-state index in [2.05, 4.69) is 43.0 Å². The third kappa shape index (κ3) is 9.01. The van der Waals surface area contributed by atoms with Crippen LogP contribution in [0.4, 0.5) is 5.69 Å². The maximum atomic E-state index is 12.1. The Kier molecular flexibility index (Phi) is 13.5. The Bertz CT molecular complexity index is 544. The second kappa shape index (κ2) is 14.3. The largest absolute Gasteiger partial charge is 0.315 e. The van der Waals surface area contributed by atoms with Crippen molar-refractivity contribution >= 4 is 17.9 Å². The van der Waals surface area contributed by atoms with Crippen molar-refractivity contribution in [1.82, 2.24) is 4.90 Å². The molecule has 0 bridgehead atoms. The molecule has 0 atom stereocenters. The van der Waals surface area contributed by atoms with Gasteiger partial charge in [-0.1, -0.05) is 53.7 Å². The maximum absolute atomic E-state index is 12.1. The zero-order valence-corrected chi connectivity index (χ0v) is 19.4. The molecule has 1 aromatic carbocycles. The zero-order chi connectivity index (χ0) is 21.7. The van der Waals surface area contributed by atoms with Gasteiger partial charge in [-0.3, -0.25) is 4.79 Å². The molecular formula is C24H42N2O2. The molecular weight excluding hydrogens is 348 g/mol. The number of aldehydes is 1. The molecule has 1 heterocycles. The molecule has 0 saturated carbocycles. The van der Waals surface area contributed by atoms with Gasteiger partial charge < -0.3 is 14.6 Å². The lowest BCUT2D eigenvalue weighted by Gasteiger charge is -2.33. The van der Waals surface area contributed by atoms with Crippen LogP contribution >= 0.6 is 0 Å². The molecule has 1 fully saturated rings. The molecule has 0 aliphatic carbocycles. The molecule has 1 aliphatic heterocycles. The van der Waals surface area contributed by atoms with E-state index in [4.69, 9.17) is 4.79 Å². The first-order valence-electron chi connectivity index (χ1n) is 10.8. The van der Waals surface area contributed by atoms with E-state index in [0.717, 1.165) is 17.9 Å². The lowest BCUT2D eigenvalue weighted by Crippen LogP contribution is -2.35. The van der Waals surface area contributed by atoms with E-state index in [9.17, 15) is 4.79 Å². The van der Waals surface area contributed by atoms with Gasteiger partial charge in [-0.05, 0) is 62.4 Å². The predicted molar refractivity (Wildman–Crippen MR) is 121 cm³/mol. The average molecular weight is 391 g/mol. The van der Waals surface area contributed by atoms with Crippen LogP contribution in [0.3, 0.4) is 0 Å². The van der Waals surface area contributed by atoms with Gasteiger partial charge in [0.2, 0.25) is 5.91 Å². The molecule has 0 radical (unpaired) electrons. The van der Waals surface area contributed by atoms with Crippen LogP contribution in [0.2, 0.25) is 0 Å². The number of rotatable bonds is 5. The number of hydrogen-bond acceptors (Lipinski definition) is 3. The summed E-state index contributed by atoms with van der Waals surface area (Å²) in [6.45, 7) is 17.5. The van der Waals surface area contributed by atoms with Crippen molar-refractivity contribution in [2.24, 2.45) is 11.8 Å². The van der Waals surface area contributed by atoms with Crippen LogP contribution in [0.5, 0.6) is 0 Å². The summed E-state index contributed by atoms with van der Waals surface area (Å²) in [7, 11) is 1.86. The Morgan fingerprint density at radius 2 is 1.57 bits per heavy atom. The van der Waals surface area contributed by atoms with Gasteiger partial charge in [0.1, 0.15) is 6.29 Å². The summed E-state index contributed by atoms with van der Waals surface area (Å²) < 4.78 is 0. The van der Waals surface area contributed by atoms with E-state index in [1.807, 2.05) is 34.7 Å². The molecule has 28 heavy (non-hydrogen) atoms. The van der Waals surface area contributed by atoms with Crippen LogP contribution in [-0.2, 0) is 9.59 Å². The summed E-state index contributed by atoms with van der Waals surface area (Å²) in [5.74, 6) is 1.61. The van der Waals surface area contributed by atoms with E-state index >= 15 is 0 Å². The van der Waals surface area contributed by atoms with Crippen molar-refractivity contribution in [2.75, 3.05) is 31.6 Å². The minimum Gasteiger partial charge on any atom is -0.315 e. The number of benzene rings is 1. The number of amides is 1. The fraction of sp³-hybridized carbons (Fsp3) is 0.667. The van der Waals surface area contributed by atoms with Crippen molar-refractivity contribution in [3.63, 3.8) is 0 Å². The first kappa shape index (κ1) is 26.3. The highest BCUT2D eigenvalue weighted by molar-refractivity contribution is 5.94. The van der Waals surface area contributed by atoms with E-state index in [1.165, 1.54) is 45.0 Å². The van der Waals surface area contributed by atoms with Gasteiger partial charge in [-0.2, -0.15) is 0 Å². The summed E-state index contributed by atoms with van der Waals surface area (Å²) in [6, 6.07) is 8.61. The standard InChI is InChI=1S/C20H32N2O.C2H4O.C2H6/c1-15(2)14-22-12-10-18(11-13-22)17-6-8-19(9-7-17)21(5)20(23)16(3)4;1-2-3;1-2/h6-9,15-16,18H,10-14H2,1-5H3;2H,1H3;1-2H3. The van der Waals surface area contributed by atoms with Gasteiger partial charge in [-0.15, -0.1) is 0 Å². The fourth-order valence-corrected chi connectivity index (χ4v) is 3.45. The molecule has 1 saturated heterocycles.